The maximum Gasteiger partial charge on any atom is 0.326 e. The van der Waals surface area contributed by atoms with Gasteiger partial charge in [-0.2, -0.15) is 0 Å². The summed E-state index contributed by atoms with van der Waals surface area (Å²) in [6.07, 6.45) is 1.50. The van der Waals surface area contributed by atoms with Crippen LogP contribution in [0.1, 0.15) is 48.2 Å². The average Bonchev–Trinajstić information content (AvgIpc) is 2.94. The lowest BCUT2D eigenvalue weighted by Crippen LogP contribution is -2.41. The predicted octanol–water partition coefficient (Wildman–Crippen LogP) is 4.39. The maximum absolute atomic E-state index is 13.0. The van der Waals surface area contributed by atoms with Gasteiger partial charge in [0.2, 0.25) is 5.91 Å². The second-order valence-electron chi connectivity index (χ2n) is 9.27. The number of carboxylic acids is 1. The molecule has 0 spiro atoms. The van der Waals surface area contributed by atoms with Crippen molar-refractivity contribution in [3.8, 4) is 5.75 Å². The van der Waals surface area contributed by atoms with E-state index in [1.54, 1.807) is 6.07 Å². The molecule has 0 bridgehead atoms. The molecule has 0 radical (unpaired) electrons. The largest absolute Gasteiger partial charge is 0.487 e. The van der Waals surface area contributed by atoms with Gasteiger partial charge in [0.05, 0.1) is 11.7 Å². The highest BCUT2D eigenvalue weighted by Crippen LogP contribution is 2.28. The molecule has 3 aromatic rings. The second kappa shape index (κ2) is 13.9. The van der Waals surface area contributed by atoms with Gasteiger partial charge in [0.25, 0.3) is 5.91 Å². The van der Waals surface area contributed by atoms with Crippen molar-refractivity contribution in [2.75, 3.05) is 5.32 Å². The van der Waals surface area contributed by atoms with Gasteiger partial charge in [-0.05, 0) is 48.1 Å². The average molecular weight is 518 g/mol. The molecular weight excluding hydrogens is 482 g/mol. The van der Waals surface area contributed by atoms with Crippen molar-refractivity contribution in [1.82, 2.24) is 5.32 Å². The van der Waals surface area contributed by atoms with E-state index >= 15 is 0 Å². The summed E-state index contributed by atoms with van der Waals surface area (Å²) in [5.41, 5.74) is 8.57. The summed E-state index contributed by atoms with van der Waals surface area (Å²) in [5, 5.41) is 15.1. The van der Waals surface area contributed by atoms with Crippen molar-refractivity contribution < 1.29 is 24.2 Å². The van der Waals surface area contributed by atoms with Gasteiger partial charge in [-0.25, -0.2) is 4.79 Å². The van der Waals surface area contributed by atoms with Gasteiger partial charge in [-0.15, -0.1) is 0 Å². The van der Waals surface area contributed by atoms with Crippen LogP contribution in [-0.2, 0) is 22.6 Å². The highest BCUT2D eigenvalue weighted by atomic mass is 16.5. The Labute approximate surface area is 223 Å². The quantitative estimate of drug-likeness (QED) is 0.266. The van der Waals surface area contributed by atoms with Gasteiger partial charge in [-0.3, -0.25) is 9.59 Å². The van der Waals surface area contributed by atoms with Gasteiger partial charge >= 0.3 is 5.97 Å². The summed E-state index contributed by atoms with van der Waals surface area (Å²) < 4.78 is 5.99. The van der Waals surface area contributed by atoms with Crippen LogP contribution in [0.5, 0.6) is 5.75 Å². The minimum Gasteiger partial charge on any atom is -0.487 e. The van der Waals surface area contributed by atoms with Crippen molar-refractivity contribution in [1.29, 1.82) is 0 Å². The number of carbonyl (C=O) groups excluding carboxylic acids is 2. The van der Waals surface area contributed by atoms with Crippen LogP contribution < -0.4 is 21.1 Å². The van der Waals surface area contributed by atoms with E-state index in [1.165, 1.54) is 12.1 Å². The third-order valence-electron chi connectivity index (χ3n) is 6.47. The number of benzene rings is 3. The number of hydrogen-bond acceptors (Lipinski definition) is 5. The minimum atomic E-state index is -1.11. The Balaban J connectivity index is 1.78. The molecule has 0 saturated carbocycles. The predicted molar refractivity (Wildman–Crippen MR) is 147 cm³/mol. The standard InChI is InChI=1S/C30H35N3O5/c1-3-20(2)27(31)29(35)32-24-17-15-23(18-26(24)38-19-22-12-8-5-9-13-22)28(34)33-25(30(36)37)16-14-21-10-6-4-7-11-21/h4-13,15,17-18,20,25,27H,3,14,16,19,31H2,1-2H3,(H,32,35)(H,33,34)(H,36,37)/t20?,25-,27-/m0/s1. The molecule has 0 fully saturated rings. The smallest absolute Gasteiger partial charge is 0.326 e. The fourth-order valence-corrected chi connectivity index (χ4v) is 3.80. The normalized spacial score (nSPS) is 13.1. The first-order valence-corrected chi connectivity index (χ1v) is 12.7. The molecule has 2 amide bonds. The molecule has 5 N–H and O–H groups in total. The molecule has 1 unspecified atom stereocenters. The molecule has 200 valence electrons. The van der Waals surface area contributed by atoms with Crippen molar-refractivity contribution in [3.05, 3.63) is 95.6 Å². The van der Waals surface area contributed by atoms with E-state index in [-0.39, 0.29) is 36.2 Å². The number of aryl methyl sites for hydroxylation is 1. The van der Waals surface area contributed by atoms with Crippen molar-refractivity contribution >= 4 is 23.5 Å². The van der Waals surface area contributed by atoms with Crippen molar-refractivity contribution in [2.45, 2.75) is 51.8 Å². The summed E-state index contributed by atoms with van der Waals surface area (Å²) >= 11 is 0. The maximum atomic E-state index is 13.0. The number of nitrogens with one attached hydrogen (secondary N) is 2. The van der Waals surface area contributed by atoms with Gasteiger partial charge in [0, 0.05) is 5.56 Å². The number of anilines is 1. The molecule has 8 heteroatoms. The number of nitrogens with two attached hydrogens (primary N) is 1. The molecule has 8 nitrogen and oxygen atoms in total. The SMILES string of the molecule is CCC(C)[C@H](N)C(=O)Nc1ccc(C(=O)N[C@@H](CCc2ccccc2)C(=O)O)cc1OCc1ccccc1. The van der Waals surface area contributed by atoms with E-state index in [9.17, 15) is 19.5 Å². The van der Waals surface area contributed by atoms with Gasteiger partial charge < -0.3 is 26.2 Å². The summed E-state index contributed by atoms with van der Waals surface area (Å²) in [4.78, 5) is 37.6. The Morgan fingerprint density at radius 3 is 2.18 bits per heavy atom. The minimum absolute atomic E-state index is 0.0161. The molecule has 0 aliphatic heterocycles. The third-order valence-corrected chi connectivity index (χ3v) is 6.47. The summed E-state index contributed by atoms with van der Waals surface area (Å²) in [6.45, 7) is 4.08. The van der Waals surface area contributed by atoms with Gasteiger partial charge in [0.1, 0.15) is 18.4 Å². The van der Waals surface area contributed by atoms with Crippen molar-refractivity contribution in [2.24, 2.45) is 11.7 Å². The lowest BCUT2D eigenvalue weighted by atomic mass is 9.99. The molecule has 3 rings (SSSR count). The zero-order valence-corrected chi connectivity index (χ0v) is 21.7. The Bertz CT molecular complexity index is 1220. The van der Waals surface area contributed by atoms with Crippen LogP contribution in [0.15, 0.2) is 78.9 Å². The number of carboxylic acid groups (broad SMARTS) is 1. The molecule has 0 heterocycles. The van der Waals surface area contributed by atoms with E-state index in [0.29, 0.717) is 12.1 Å². The van der Waals surface area contributed by atoms with E-state index in [4.69, 9.17) is 10.5 Å². The highest BCUT2D eigenvalue weighted by Gasteiger charge is 2.23. The zero-order chi connectivity index (χ0) is 27.5. The van der Waals surface area contributed by atoms with Crippen LogP contribution in [0.3, 0.4) is 0 Å². The summed E-state index contributed by atoms with van der Waals surface area (Å²) in [6, 6.07) is 21.8. The van der Waals surface area contributed by atoms with Crippen LogP contribution in [-0.4, -0.2) is 35.0 Å². The Kier molecular flexibility index (Phi) is 10.4. The lowest BCUT2D eigenvalue weighted by Gasteiger charge is -2.20. The molecule has 3 aromatic carbocycles. The van der Waals surface area contributed by atoms with Crippen molar-refractivity contribution in [3.63, 3.8) is 0 Å². The van der Waals surface area contributed by atoms with Gasteiger partial charge in [-0.1, -0.05) is 80.9 Å². The number of hydrogen-bond donors (Lipinski definition) is 4. The van der Waals surface area contributed by atoms with E-state index in [1.807, 2.05) is 74.5 Å². The first-order valence-electron chi connectivity index (χ1n) is 12.7. The number of carbonyl (C=O) groups is 3. The topological polar surface area (TPSA) is 131 Å². The first-order chi connectivity index (χ1) is 18.3. The fourth-order valence-electron chi connectivity index (χ4n) is 3.80. The number of amides is 2. The van der Waals surface area contributed by atoms with Gasteiger partial charge in [0.15, 0.2) is 0 Å². The van der Waals surface area contributed by atoms with E-state index in [0.717, 1.165) is 17.5 Å². The summed E-state index contributed by atoms with van der Waals surface area (Å²) in [7, 11) is 0. The zero-order valence-electron chi connectivity index (χ0n) is 21.7. The molecule has 0 aliphatic rings. The molecular formula is C30H35N3O5. The molecule has 0 saturated heterocycles. The van der Waals surface area contributed by atoms with E-state index < -0.39 is 24.0 Å². The monoisotopic (exact) mass is 517 g/mol. The lowest BCUT2D eigenvalue weighted by molar-refractivity contribution is -0.139. The molecule has 38 heavy (non-hydrogen) atoms. The number of ether oxygens (including phenoxy) is 1. The third kappa shape index (κ3) is 8.18. The van der Waals surface area contributed by atoms with Crippen LogP contribution >= 0.6 is 0 Å². The Hall–Kier alpha value is -4.17. The Morgan fingerprint density at radius 1 is 0.947 bits per heavy atom. The molecule has 0 aromatic heterocycles. The summed E-state index contributed by atoms with van der Waals surface area (Å²) in [5.74, 6) is -1.75. The molecule has 3 atom stereocenters. The van der Waals surface area contributed by atoms with Crippen LogP contribution in [0.25, 0.3) is 0 Å². The fraction of sp³-hybridized carbons (Fsp3) is 0.300. The first kappa shape index (κ1) is 28.4. The Morgan fingerprint density at radius 2 is 1.58 bits per heavy atom. The number of aliphatic carboxylic acids is 1. The van der Waals surface area contributed by atoms with Crippen LogP contribution in [0, 0.1) is 5.92 Å². The van der Waals surface area contributed by atoms with Crippen LogP contribution in [0.2, 0.25) is 0 Å². The second-order valence-corrected chi connectivity index (χ2v) is 9.27. The van der Waals surface area contributed by atoms with E-state index in [2.05, 4.69) is 10.6 Å². The van der Waals surface area contributed by atoms with Crippen LogP contribution in [0.4, 0.5) is 5.69 Å². The molecule has 0 aliphatic carbocycles. The number of rotatable bonds is 13. The highest BCUT2D eigenvalue weighted by molar-refractivity contribution is 5.99.